The zero-order chi connectivity index (χ0) is 15.7. The van der Waals surface area contributed by atoms with E-state index in [1.165, 1.54) is 0 Å². The van der Waals surface area contributed by atoms with E-state index in [1.807, 2.05) is 39.8 Å². The Morgan fingerprint density at radius 2 is 1.90 bits per heavy atom. The van der Waals surface area contributed by atoms with Crippen LogP contribution in [0, 0.1) is 27.7 Å². The molecule has 5 nitrogen and oxygen atoms in total. The van der Waals surface area contributed by atoms with E-state index in [-0.39, 0.29) is 17.4 Å². The molecule has 0 saturated heterocycles. The zero-order valence-electron chi connectivity index (χ0n) is 13.0. The van der Waals surface area contributed by atoms with Gasteiger partial charge in [-0.2, -0.15) is 0 Å². The molecule has 0 aliphatic rings. The Hall–Kier alpha value is -2.30. The number of hydrogen-bond acceptors (Lipinski definition) is 4. The number of anilines is 1. The van der Waals surface area contributed by atoms with Crippen LogP contribution in [0.3, 0.4) is 0 Å². The molecule has 21 heavy (non-hydrogen) atoms. The molecule has 1 heterocycles. The van der Waals surface area contributed by atoms with Gasteiger partial charge in [0, 0.05) is 11.3 Å². The van der Waals surface area contributed by atoms with Crippen LogP contribution in [0.1, 0.15) is 41.2 Å². The maximum absolute atomic E-state index is 12.1. The molecule has 0 aliphatic carbocycles. The molecule has 1 unspecified atom stereocenters. The van der Waals surface area contributed by atoms with Gasteiger partial charge in [-0.3, -0.25) is 4.79 Å². The third-order valence-electron chi connectivity index (χ3n) is 3.70. The van der Waals surface area contributed by atoms with Gasteiger partial charge in [0.1, 0.15) is 11.6 Å². The van der Waals surface area contributed by atoms with Crippen molar-refractivity contribution in [2.45, 2.75) is 40.7 Å². The van der Waals surface area contributed by atoms with Crippen molar-refractivity contribution in [2.75, 3.05) is 5.32 Å². The van der Waals surface area contributed by atoms with Gasteiger partial charge in [-0.05, 0) is 46.2 Å². The highest BCUT2D eigenvalue weighted by Gasteiger charge is 2.16. The average Bonchev–Trinajstić information content (AvgIpc) is 2.38. The fourth-order valence-electron chi connectivity index (χ4n) is 2.54. The van der Waals surface area contributed by atoms with Crippen LogP contribution in [0.4, 0.5) is 5.69 Å². The van der Waals surface area contributed by atoms with E-state index in [4.69, 9.17) is 0 Å². The Bertz CT molecular complexity index is 735. The topological polar surface area (TPSA) is 78.0 Å². The summed E-state index contributed by atoms with van der Waals surface area (Å²) in [7, 11) is 0. The van der Waals surface area contributed by atoms with E-state index < -0.39 is 0 Å². The largest absolute Gasteiger partial charge is 0.507 e. The number of nitrogens with zero attached hydrogens (tertiary/aromatic N) is 1. The monoisotopic (exact) mass is 287 g/mol. The number of rotatable bonds is 3. The average molecular weight is 287 g/mol. The summed E-state index contributed by atoms with van der Waals surface area (Å²) in [5, 5.41) is 13.3. The molecule has 112 valence electrons. The second-order valence-electron chi connectivity index (χ2n) is 5.42. The standard InChI is InChI=1S/C16H21N3O2/c1-8-6-7-13(9(2)15(8)20)18-11(4)14-10(3)17-12(5)19-16(14)21/h6-7,11,18,20H,1-5H3,(H,17,19,21). The minimum absolute atomic E-state index is 0.131. The van der Waals surface area contributed by atoms with Crippen LogP contribution in [0.15, 0.2) is 16.9 Å². The first-order chi connectivity index (χ1) is 9.81. The SMILES string of the molecule is Cc1nc(C)c(C(C)Nc2ccc(C)c(O)c2C)c(=O)[nH]1. The fraction of sp³-hybridized carbons (Fsp3) is 0.375. The number of aromatic nitrogens is 2. The van der Waals surface area contributed by atoms with Crippen molar-refractivity contribution < 1.29 is 5.11 Å². The van der Waals surface area contributed by atoms with Gasteiger partial charge in [0.05, 0.1) is 17.3 Å². The van der Waals surface area contributed by atoms with Gasteiger partial charge in [-0.15, -0.1) is 0 Å². The Kier molecular flexibility index (Phi) is 4.02. The number of hydrogen-bond donors (Lipinski definition) is 3. The highest BCUT2D eigenvalue weighted by Crippen LogP contribution is 2.30. The maximum Gasteiger partial charge on any atom is 0.256 e. The van der Waals surface area contributed by atoms with Crippen LogP contribution in [0.5, 0.6) is 5.75 Å². The number of phenols is 1. The Labute approximate surface area is 124 Å². The Balaban J connectivity index is 2.37. The highest BCUT2D eigenvalue weighted by molar-refractivity contribution is 5.59. The molecule has 0 fully saturated rings. The summed E-state index contributed by atoms with van der Waals surface area (Å²) >= 11 is 0. The summed E-state index contributed by atoms with van der Waals surface area (Å²) in [6.45, 7) is 9.20. The predicted molar refractivity (Wildman–Crippen MR) is 84.0 cm³/mol. The number of nitrogens with one attached hydrogen (secondary N) is 2. The summed E-state index contributed by atoms with van der Waals surface area (Å²) in [6.07, 6.45) is 0. The van der Waals surface area contributed by atoms with E-state index in [1.54, 1.807) is 6.92 Å². The van der Waals surface area contributed by atoms with Gasteiger partial charge in [-0.25, -0.2) is 4.98 Å². The van der Waals surface area contributed by atoms with Gasteiger partial charge in [-0.1, -0.05) is 6.07 Å². The van der Waals surface area contributed by atoms with Gasteiger partial charge >= 0.3 is 0 Å². The van der Waals surface area contributed by atoms with Crippen LogP contribution in [-0.4, -0.2) is 15.1 Å². The van der Waals surface area contributed by atoms with Crippen LogP contribution in [0.2, 0.25) is 0 Å². The molecule has 1 atom stereocenters. The lowest BCUT2D eigenvalue weighted by Gasteiger charge is -2.19. The van der Waals surface area contributed by atoms with Gasteiger partial charge in [0.25, 0.3) is 5.56 Å². The lowest BCUT2D eigenvalue weighted by Crippen LogP contribution is -2.23. The smallest absolute Gasteiger partial charge is 0.256 e. The van der Waals surface area contributed by atoms with Gasteiger partial charge in [0.15, 0.2) is 0 Å². The van der Waals surface area contributed by atoms with E-state index in [2.05, 4.69) is 15.3 Å². The molecular weight excluding hydrogens is 266 g/mol. The van der Waals surface area contributed by atoms with E-state index >= 15 is 0 Å². The molecule has 2 rings (SSSR count). The number of aromatic hydroxyl groups is 1. The molecule has 0 spiro atoms. The number of H-pyrrole nitrogens is 1. The van der Waals surface area contributed by atoms with E-state index in [0.29, 0.717) is 17.1 Å². The number of aromatic amines is 1. The van der Waals surface area contributed by atoms with Gasteiger partial charge < -0.3 is 15.4 Å². The molecule has 0 aliphatic heterocycles. The third kappa shape index (κ3) is 2.91. The molecule has 1 aromatic carbocycles. The lowest BCUT2D eigenvalue weighted by molar-refractivity contribution is 0.467. The number of phenolic OH excluding ortho intramolecular Hbond substituents is 1. The molecular formula is C16H21N3O2. The van der Waals surface area contributed by atoms with E-state index in [0.717, 1.165) is 16.8 Å². The third-order valence-corrected chi connectivity index (χ3v) is 3.70. The van der Waals surface area contributed by atoms with E-state index in [9.17, 15) is 9.90 Å². The fourth-order valence-corrected chi connectivity index (χ4v) is 2.54. The van der Waals surface area contributed by atoms with Crippen LogP contribution in [0.25, 0.3) is 0 Å². The van der Waals surface area contributed by atoms with Crippen LogP contribution in [-0.2, 0) is 0 Å². The minimum Gasteiger partial charge on any atom is -0.507 e. The predicted octanol–water partition coefficient (Wildman–Crippen LogP) is 2.88. The van der Waals surface area contributed by atoms with Crippen molar-refractivity contribution in [3.8, 4) is 5.75 Å². The normalized spacial score (nSPS) is 12.2. The molecule has 0 radical (unpaired) electrons. The minimum atomic E-state index is -0.206. The molecule has 2 aromatic rings. The number of aryl methyl sites for hydroxylation is 3. The quantitative estimate of drug-likeness (QED) is 0.811. The summed E-state index contributed by atoms with van der Waals surface area (Å²) in [5.41, 5.74) is 3.61. The lowest BCUT2D eigenvalue weighted by atomic mass is 10.1. The molecule has 0 saturated carbocycles. The summed E-state index contributed by atoms with van der Waals surface area (Å²) in [5.74, 6) is 0.887. The van der Waals surface area contributed by atoms with Crippen molar-refractivity contribution in [3.63, 3.8) is 0 Å². The first kappa shape index (κ1) is 15.1. The summed E-state index contributed by atoms with van der Waals surface area (Å²) in [4.78, 5) is 19.1. The van der Waals surface area contributed by atoms with Crippen molar-refractivity contribution in [2.24, 2.45) is 0 Å². The Morgan fingerprint density at radius 3 is 2.52 bits per heavy atom. The molecule has 1 aromatic heterocycles. The highest BCUT2D eigenvalue weighted by atomic mass is 16.3. The molecule has 0 bridgehead atoms. The maximum atomic E-state index is 12.1. The van der Waals surface area contributed by atoms with Crippen LogP contribution < -0.4 is 10.9 Å². The zero-order valence-corrected chi connectivity index (χ0v) is 13.0. The first-order valence-corrected chi connectivity index (χ1v) is 6.94. The molecule has 5 heteroatoms. The van der Waals surface area contributed by atoms with Crippen LogP contribution >= 0.6 is 0 Å². The van der Waals surface area contributed by atoms with Crippen molar-refractivity contribution in [3.05, 3.63) is 50.7 Å². The Morgan fingerprint density at radius 1 is 1.24 bits per heavy atom. The summed E-state index contributed by atoms with van der Waals surface area (Å²) in [6, 6.07) is 3.55. The molecule has 0 amide bonds. The van der Waals surface area contributed by atoms with Crippen molar-refractivity contribution in [1.82, 2.24) is 9.97 Å². The molecule has 3 N–H and O–H groups in total. The van der Waals surface area contributed by atoms with Crippen molar-refractivity contribution >= 4 is 5.69 Å². The second kappa shape index (κ2) is 5.60. The summed E-state index contributed by atoms with van der Waals surface area (Å²) < 4.78 is 0. The van der Waals surface area contributed by atoms with Gasteiger partial charge in [0.2, 0.25) is 0 Å². The van der Waals surface area contributed by atoms with Crippen molar-refractivity contribution in [1.29, 1.82) is 0 Å². The second-order valence-corrected chi connectivity index (χ2v) is 5.42. The number of benzene rings is 1. The first-order valence-electron chi connectivity index (χ1n) is 6.94.